The summed E-state index contributed by atoms with van der Waals surface area (Å²) in [5.41, 5.74) is 4.54. The van der Waals surface area contributed by atoms with Gasteiger partial charge in [0.15, 0.2) is 11.1 Å². The number of hydrogen-bond donors (Lipinski definition) is 1. The molecule has 0 unspecified atom stereocenters. The van der Waals surface area contributed by atoms with Crippen LogP contribution in [0.5, 0.6) is 0 Å². The van der Waals surface area contributed by atoms with Crippen molar-refractivity contribution in [3.05, 3.63) is 100 Å². The Labute approximate surface area is 189 Å². The van der Waals surface area contributed by atoms with E-state index in [4.69, 9.17) is 4.42 Å². The van der Waals surface area contributed by atoms with Gasteiger partial charge in [0, 0.05) is 11.5 Å². The summed E-state index contributed by atoms with van der Waals surface area (Å²) >= 11 is 0. The number of amides is 1. The number of rotatable bonds is 4. The van der Waals surface area contributed by atoms with Gasteiger partial charge in [0.05, 0.1) is 34.2 Å². The van der Waals surface area contributed by atoms with E-state index in [0.717, 1.165) is 22.3 Å². The molecule has 0 spiro atoms. The Morgan fingerprint density at radius 1 is 1.06 bits per heavy atom. The van der Waals surface area contributed by atoms with E-state index in [1.54, 1.807) is 23.0 Å². The zero-order valence-electron chi connectivity index (χ0n) is 18.1. The third kappa shape index (κ3) is 3.92. The van der Waals surface area contributed by atoms with E-state index in [9.17, 15) is 9.59 Å². The molecule has 2 aromatic carbocycles. The van der Waals surface area contributed by atoms with Crippen LogP contribution in [0.2, 0.25) is 0 Å². The van der Waals surface area contributed by atoms with Gasteiger partial charge in [-0.15, -0.1) is 0 Å². The van der Waals surface area contributed by atoms with Gasteiger partial charge in [-0.25, -0.2) is 9.67 Å². The Balaban J connectivity index is 1.39. The third-order valence-corrected chi connectivity index (χ3v) is 5.34. The van der Waals surface area contributed by atoms with Crippen molar-refractivity contribution in [2.24, 2.45) is 0 Å². The average Bonchev–Trinajstić information content (AvgIpc) is 3.15. The molecule has 0 aliphatic carbocycles. The number of fused-ring (bicyclic) bond motifs is 2. The fraction of sp³-hybridized carbons (Fsp3) is 0.0769. The first-order valence-corrected chi connectivity index (χ1v) is 10.4. The summed E-state index contributed by atoms with van der Waals surface area (Å²) in [5.74, 6) is -0.381. The number of benzene rings is 2. The topological polar surface area (TPSA) is 90.0 Å². The lowest BCUT2D eigenvalue weighted by molar-refractivity contribution is -0.111. The molecule has 0 atom stereocenters. The highest BCUT2D eigenvalue weighted by Crippen LogP contribution is 2.23. The minimum Gasteiger partial charge on any atom is -0.463 e. The fourth-order valence-corrected chi connectivity index (χ4v) is 3.69. The Morgan fingerprint density at radius 2 is 1.88 bits per heavy atom. The lowest BCUT2D eigenvalue weighted by atomic mass is 10.1. The Kier molecular flexibility index (Phi) is 5.06. The normalized spacial score (nSPS) is 11.5. The fourth-order valence-electron chi connectivity index (χ4n) is 3.69. The van der Waals surface area contributed by atoms with Crippen LogP contribution in [0.4, 0.5) is 5.69 Å². The molecule has 0 saturated heterocycles. The lowest BCUT2D eigenvalue weighted by Crippen LogP contribution is -2.09. The maximum atomic E-state index is 12.7. The predicted molar refractivity (Wildman–Crippen MR) is 128 cm³/mol. The molecule has 0 fully saturated rings. The van der Waals surface area contributed by atoms with Crippen LogP contribution in [0, 0.1) is 13.8 Å². The molecule has 5 rings (SSSR count). The number of pyridine rings is 1. The van der Waals surface area contributed by atoms with Crippen molar-refractivity contribution in [3.8, 4) is 5.69 Å². The van der Waals surface area contributed by atoms with Crippen LogP contribution < -0.4 is 10.7 Å². The number of nitrogens with one attached hydrogen (secondary N) is 1. The van der Waals surface area contributed by atoms with Gasteiger partial charge in [-0.2, -0.15) is 5.10 Å². The highest BCUT2D eigenvalue weighted by molar-refractivity contribution is 6.02. The Hall–Kier alpha value is -4.52. The van der Waals surface area contributed by atoms with E-state index < -0.39 is 0 Å². The van der Waals surface area contributed by atoms with Gasteiger partial charge in [-0.05, 0) is 50.3 Å². The molecule has 5 aromatic rings. The molecule has 33 heavy (non-hydrogen) atoms. The molecule has 0 saturated carbocycles. The molecule has 0 bridgehead atoms. The van der Waals surface area contributed by atoms with Crippen LogP contribution in [0.15, 0.2) is 82.3 Å². The van der Waals surface area contributed by atoms with Crippen molar-refractivity contribution >= 4 is 39.7 Å². The second-order valence-electron chi connectivity index (χ2n) is 7.77. The van der Waals surface area contributed by atoms with Crippen LogP contribution in [0.25, 0.3) is 33.8 Å². The van der Waals surface area contributed by atoms with Crippen LogP contribution in [-0.4, -0.2) is 20.7 Å². The number of carbonyl (C=O) groups is 1. The monoisotopic (exact) mass is 436 g/mol. The van der Waals surface area contributed by atoms with Crippen LogP contribution in [-0.2, 0) is 4.79 Å². The van der Waals surface area contributed by atoms with Gasteiger partial charge >= 0.3 is 0 Å². The maximum absolute atomic E-state index is 12.7. The van der Waals surface area contributed by atoms with Crippen LogP contribution in [0.1, 0.15) is 16.8 Å². The number of anilines is 1. The van der Waals surface area contributed by atoms with Crippen LogP contribution in [0.3, 0.4) is 0 Å². The summed E-state index contributed by atoms with van der Waals surface area (Å²) in [5, 5.41) is 8.69. The van der Waals surface area contributed by atoms with Crippen molar-refractivity contribution in [2.75, 3.05) is 5.32 Å². The van der Waals surface area contributed by atoms with E-state index in [2.05, 4.69) is 15.4 Å². The summed E-state index contributed by atoms with van der Waals surface area (Å²) in [4.78, 5) is 29.7. The number of carbonyl (C=O) groups excluding carboxylic acids is 1. The highest BCUT2D eigenvalue weighted by Gasteiger charge is 2.12. The first-order chi connectivity index (χ1) is 16.0. The summed E-state index contributed by atoms with van der Waals surface area (Å²) in [6, 6.07) is 17.0. The minimum atomic E-state index is -0.381. The van der Waals surface area contributed by atoms with Crippen molar-refractivity contribution in [1.82, 2.24) is 14.8 Å². The predicted octanol–water partition coefficient (Wildman–Crippen LogP) is 4.80. The molecule has 0 aliphatic rings. The number of nitrogens with zero attached hydrogens (tertiary/aromatic N) is 3. The van der Waals surface area contributed by atoms with E-state index in [0.29, 0.717) is 27.9 Å². The molecule has 7 nitrogen and oxygen atoms in total. The molecule has 162 valence electrons. The van der Waals surface area contributed by atoms with Crippen molar-refractivity contribution in [2.45, 2.75) is 13.8 Å². The van der Waals surface area contributed by atoms with Crippen molar-refractivity contribution in [3.63, 3.8) is 0 Å². The number of aromatic nitrogens is 3. The zero-order valence-corrected chi connectivity index (χ0v) is 18.1. The molecule has 0 aliphatic heterocycles. The summed E-state index contributed by atoms with van der Waals surface area (Å²) < 4.78 is 7.30. The summed E-state index contributed by atoms with van der Waals surface area (Å²) in [6.45, 7) is 3.81. The number of aryl methyl sites for hydroxylation is 2. The molecule has 7 heteroatoms. The van der Waals surface area contributed by atoms with Gasteiger partial charge in [0.2, 0.25) is 5.91 Å². The maximum Gasteiger partial charge on any atom is 0.248 e. The zero-order chi connectivity index (χ0) is 22.9. The first kappa shape index (κ1) is 20.4. The molecule has 3 heterocycles. The van der Waals surface area contributed by atoms with E-state index in [-0.39, 0.29) is 11.3 Å². The average molecular weight is 436 g/mol. The quantitative estimate of drug-likeness (QED) is 0.409. The van der Waals surface area contributed by atoms with Crippen molar-refractivity contribution < 1.29 is 9.21 Å². The van der Waals surface area contributed by atoms with Gasteiger partial charge < -0.3 is 9.73 Å². The largest absolute Gasteiger partial charge is 0.463 e. The van der Waals surface area contributed by atoms with Crippen molar-refractivity contribution in [1.29, 1.82) is 0 Å². The summed E-state index contributed by atoms with van der Waals surface area (Å²) in [6.07, 6.45) is 5.70. The third-order valence-electron chi connectivity index (χ3n) is 5.34. The second kappa shape index (κ2) is 8.20. The number of hydrogen-bond acceptors (Lipinski definition) is 5. The second-order valence-corrected chi connectivity index (χ2v) is 7.77. The minimum absolute atomic E-state index is 0.184. The van der Waals surface area contributed by atoms with E-state index in [1.807, 2.05) is 56.3 Å². The Bertz CT molecular complexity index is 1600. The molecule has 3 aromatic heterocycles. The van der Waals surface area contributed by atoms with E-state index in [1.165, 1.54) is 18.4 Å². The first-order valence-electron chi connectivity index (χ1n) is 10.4. The number of para-hydroxylation sites is 1. The summed E-state index contributed by atoms with van der Waals surface area (Å²) in [7, 11) is 0. The van der Waals surface area contributed by atoms with Gasteiger partial charge in [0.1, 0.15) is 11.8 Å². The SMILES string of the molecule is Cc1ccc2occ(/C=C/C(=O)Nc3cnc4c(c3)c(C)nn4-c3ccccc3)c(=O)c2c1. The lowest BCUT2D eigenvalue weighted by Gasteiger charge is -2.04. The smallest absolute Gasteiger partial charge is 0.248 e. The van der Waals surface area contributed by atoms with E-state index >= 15 is 0 Å². The molecule has 1 N–H and O–H groups in total. The van der Waals surface area contributed by atoms with Gasteiger partial charge in [-0.1, -0.05) is 29.8 Å². The highest BCUT2D eigenvalue weighted by atomic mass is 16.3. The standard InChI is InChI=1S/C26H20N4O3/c1-16-8-10-23-22(12-16)25(32)18(15-33-23)9-11-24(31)28-19-13-21-17(2)29-30(26(21)27-14-19)20-6-4-3-5-7-20/h3-15H,1-2H3,(H,28,31)/b11-9+. The van der Waals surface area contributed by atoms with Crippen LogP contribution >= 0.6 is 0 Å². The molecule has 0 radical (unpaired) electrons. The molecular weight excluding hydrogens is 416 g/mol. The molecule has 1 amide bonds. The van der Waals surface area contributed by atoms with Gasteiger partial charge in [0.25, 0.3) is 0 Å². The molecular formula is C26H20N4O3. The van der Waals surface area contributed by atoms with Gasteiger partial charge in [-0.3, -0.25) is 9.59 Å². The Morgan fingerprint density at radius 3 is 2.70 bits per heavy atom.